The van der Waals surface area contributed by atoms with Crippen LogP contribution < -0.4 is 9.47 Å². The van der Waals surface area contributed by atoms with Crippen LogP contribution in [0.2, 0.25) is 0 Å². The second-order valence-corrected chi connectivity index (χ2v) is 12.1. The van der Waals surface area contributed by atoms with E-state index in [1.54, 1.807) is 59.3 Å². The Kier molecular flexibility index (Phi) is 7.14. The van der Waals surface area contributed by atoms with E-state index in [9.17, 15) is 16.8 Å². The zero-order chi connectivity index (χ0) is 24.7. The van der Waals surface area contributed by atoms with Gasteiger partial charge in [-0.1, -0.05) is 0 Å². The van der Waals surface area contributed by atoms with Gasteiger partial charge in [-0.2, -0.15) is 8.61 Å². The van der Waals surface area contributed by atoms with Crippen molar-refractivity contribution >= 4 is 20.0 Å². The van der Waals surface area contributed by atoms with Crippen molar-refractivity contribution in [2.75, 3.05) is 33.9 Å². The van der Waals surface area contributed by atoms with E-state index in [1.165, 1.54) is 8.61 Å². The van der Waals surface area contributed by atoms with Gasteiger partial charge in [-0.3, -0.25) is 0 Å². The number of piperazine rings is 1. The number of rotatable bonds is 6. The van der Waals surface area contributed by atoms with Crippen molar-refractivity contribution in [1.29, 1.82) is 0 Å². The van der Waals surface area contributed by atoms with Gasteiger partial charge in [0, 0.05) is 25.7 Å². The Bertz CT molecular complexity index is 1270. The summed E-state index contributed by atoms with van der Waals surface area (Å²) in [5, 5.41) is 0. The Hall–Kier alpha value is -2.14. The zero-order valence-electron chi connectivity index (χ0n) is 20.2. The lowest BCUT2D eigenvalue weighted by Crippen LogP contribution is -2.55. The second kappa shape index (κ2) is 9.25. The van der Waals surface area contributed by atoms with Crippen molar-refractivity contribution in [1.82, 2.24) is 8.61 Å². The number of sulfonamides is 2. The van der Waals surface area contributed by atoms with Gasteiger partial charge in [0.15, 0.2) is 0 Å². The fourth-order valence-electron chi connectivity index (χ4n) is 4.29. The summed E-state index contributed by atoms with van der Waals surface area (Å²) in [5.41, 5.74) is 2.78. The minimum Gasteiger partial charge on any atom is -0.496 e. The lowest BCUT2D eigenvalue weighted by atomic mass is 10.1. The Balaban J connectivity index is 1.90. The number of hydrogen-bond acceptors (Lipinski definition) is 6. The topological polar surface area (TPSA) is 93.2 Å². The maximum atomic E-state index is 13.5. The average Bonchev–Trinajstić information content (AvgIpc) is 2.76. The summed E-state index contributed by atoms with van der Waals surface area (Å²) in [6, 6.07) is 5.87. The van der Waals surface area contributed by atoms with Crippen LogP contribution in [-0.2, 0) is 20.0 Å². The largest absolute Gasteiger partial charge is 0.496 e. The molecule has 0 unspecified atom stereocenters. The lowest BCUT2D eigenvalue weighted by Gasteiger charge is -2.38. The first-order valence-corrected chi connectivity index (χ1v) is 13.6. The average molecular weight is 497 g/mol. The van der Waals surface area contributed by atoms with Gasteiger partial charge >= 0.3 is 0 Å². The summed E-state index contributed by atoms with van der Waals surface area (Å²) in [6.45, 7) is 9.09. The summed E-state index contributed by atoms with van der Waals surface area (Å²) in [4.78, 5) is 0.427. The number of hydrogen-bond donors (Lipinski definition) is 0. The van der Waals surface area contributed by atoms with Gasteiger partial charge in [-0.15, -0.1) is 0 Å². The van der Waals surface area contributed by atoms with E-state index in [2.05, 4.69) is 0 Å². The molecule has 1 fully saturated rings. The van der Waals surface area contributed by atoms with Crippen LogP contribution >= 0.6 is 0 Å². The van der Waals surface area contributed by atoms with Crippen molar-refractivity contribution < 1.29 is 26.3 Å². The molecule has 0 radical (unpaired) electrons. The molecule has 0 spiro atoms. The molecule has 2 aromatic rings. The monoisotopic (exact) mass is 496 g/mol. The molecule has 0 saturated carbocycles. The van der Waals surface area contributed by atoms with Gasteiger partial charge in [-0.25, -0.2) is 16.8 Å². The van der Waals surface area contributed by atoms with Gasteiger partial charge < -0.3 is 9.47 Å². The Morgan fingerprint density at radius 1 is 0.727 bits per heavy atom. The molecule has 1 heterocycles. The van der Waals surface area contributed by atoms with E-state index < -0.39 is 26.1 Å². The normalized spacial score (nSPS) is 18.3. The number of methoxy groups -OCH3 is 2. The quantitative estimate of drug-likeness (QED) is 0.610. The minimum atomic E-state index is -3.81. The fourth-order valence-corrected chi connectivity index (χ4v) is 7.98. The number of nitrogens with zero attached hydrogens (tertiary/aromatic N) is 2. The first-order chi connectivity index (χ1) is 15.4. The molecule has 0 amide bonds. The lowest BCUT2D eigenvalue weighted by molar-refractivity contribution is 0.212. The summed E-state index contributed by atoms with van der Waals surface area (Å²) in [7, 11) is -4.51. The van der Waals surface area contributed by atoms with E-state index in [1.807, 2.05) is 13.8 Å². The minimum absolute atomic E-state index is 0.0697. The first kappa shape index (κ1) is 25.5. The van der Waals surface area contributed by atoms with Crippen molar-refractivity contribution in [2.45, 2.75) is 50.5 Å². The Morgan fingerprint density at radius 2 is 1.18 bits per heavy atom. The third-order valence-corrected chi connectivity index (χ3v) is 10.7. The molecule has 2 aromatic carbocycles. The van der Waals surface area contributed by atoms with Gasteiger partial charge in [0.05, 0.1) is 24.0 Å². The molecule has 182 valence electrons. The zero-order valence-corrected chi connectivity index (χ0v) is 21.8. The van der Waals surface area contributed by atoms with Crippen LogP contribution in [0.15, 0.2) is 34.1 Å². The standard InChI is InChI=1S/C23H32N2O6S2/c1-15-14-24(32(26,27)22-10-8-20(30-6)16(2)18(22)4)12-13-25(15)33(28,29)23-11-9-21(31-7)17(3)19(23)5/h8-11,15H,12-14H2,1-7H3/t15-/m0/s1. The van der Waals surface area contributed by atoms with Gasteiger partial charge in [0.2, 0.25) is 20.0 Å². The van der Waals surface area contributed by atoms with Crippen LogP contribution in [0, 0.1) is 27.7 Å². The third kappa shape index (κ3) is 4.37. The van der Waals surface area contributed by atoms with E-state index in [-0.39, 0.29) is 29.4 Å². The second-order valence-electron chi connectivity index (χ2n) is 8.36. The molecule has 10 heteroatoms. The van der Waals surface area contributed by atoms with E-state index >= 15 is 0 Å². The molecule has 0 bridgehead atoms. The predicted octanol–water partition coefficient (Wildman–Crippen LogP) is 3.02. The molecular weight excluding hydrogens is 464 g/mol. The maximum absolute atomic E-state index is 13.5. The molecular formula is C23H32N2O6S2. The van der Waals surface area contributed by atoms with Crippen LogP contribution in [0.1, 0.15) is 29.2 Å². The molecule has 1 saturated heterocycles. The van der Waals surface area contributed by atoms with E-state index in [0.29, 0.717) is 22.6 Å². The maximum Gasteiger partial charge on any atom is 0.243 e. The van der Waals surface area contributed by atoms with Crippen molar-refractivity contribution in [3.8, 4) is 11.5 Å². The Morgan fingerprint density at radius 3 is 1.61 bits per heavy atom. The van der Waals surface area contributed by atoms with Crippen molar-refractivity contribution in [3.05, 3.63) is 46.5 Å². The van der Waals surface area contributed by atoms with Gasteiger partial charge in [-0.05, 0) is 81.1 Å². The Labute approximate surface area is 197 Å². The van der Waals surface area contributed by atoms with E-state index in [0.717, 1.165) is 11.1 Å². The predicted molar refractivity (Wildman–Crippen MR) is 127 cm³/mol. The molecule has 0 N–H and O–H groups in total. The highest BCUT2D eigenvalue weighted by atomic mass is 32.2. The van der Waals surface area contributed by atoms with Crippen LogP contribution in [0.4, 0.5) is 0 Å². The van der Waals surface area contributed by atoms with Crippen LogP contribution in [-0.4, -0.2) is 65.3 Å². The molecule has 3 rings (SSSR count). The summed E-state index contributed by atoms with van der Waals surface area (Å²) in [6.07, 6.45) is 0. The molecule has 0 aliphatic carbocycles. The summed E-state index contributed by atoms with van der Waals surface area (Å²) >= 11 is 0. The first-order valence-electron chi connectivity index (χ1n) is 10.7. The van der Waals surface area contributed by atoms with Gasteiger partial charge in [0.1, 0.15) is 11.5 Å². The van der Waals surface area contributed by atoms with Crippen molar-refractivity contribution in [3.63, 3.8) is 0 Å². The van der Waals surface area contributed by atoms with E-state index in [4.69, 9.17) is 9.47 Å². The highest BCUT2D eigenvalue weighted by Gasteiger charge is 2.39. The molecule has 33 heavy (non-hydrogen) atoms. The van der Waals surface area contributed by atoms with Crippen LogP contribution in [0.5, 0.6) is 11.5 Å². The van der Waals surface area contributed by atoms with Gasteiger partial charge in [0.25, 0.3) is 0 Å². The molecule has 0 aromatic heterocycles. The van der Waals surface area contributed by atoms with Crippen LogP contribution in [0.25, 0.3) is 0 Å². The molecule has 1 atom stereocenters. The third-order valence-electron chi connectivity index (χ3n) is 6.55. The van der Waals surface area contributed by atoms with Crippen molar-refractivity contribution in [2.24, 2.45) is 0 Å². The highest BCUT2D eigenvalue weighted by molar-refractivity contribution is 7.89. The molecule has 1 aliphatic rings. The molecule has 8 nitrogen and oxygen atoms in total. The summed E-state index contributed by atoms with van der Waals surface area (Å²) < 4.78 is 67.1. The summed E-state index contributed by atoms with van der Waals surface area (Å²) in [5.74, 6) is 1.25. The highest BCUT2D eigenvalue weighted by Crippen LogP contribution is 2.33. The molecule has 1 aliphatic heterocycles. The SMILES string of the molecule is COc1ccc(S(=O)(=O)N2CCN(S(=O)(=O)c3ccc(OC)c(C)c3C)[C@@H](C)C2)c(C)c1C. The van der Waals surface area contributed by atoms with Crippen LogP contribution in [0.3, 0.4) is 0 Å². The number of benzene rings is 2. The smallest absolute Gasteiger partial charge is 0.243 e. The fraction of sp³-hybridized carbons (Fsp3) is 0.478. The number of ether oxygens (including phenoxy) is 2.